The first-order valence-electron chi connectivity index (χ1n) is 7.20. The lowest BCUT2D eigenvalue weighted by Crippen LogP contribution is -2.38. The molecule has 2 aromatic rings. The van der Waals surface area contributed by atoms with Gasteiger partial charge in [0.15, 0.2) is 0 Å². The molecule has 5 heteroatoms. The minimum atomic E-state index is 0.0903. The topological polar surface area (TPSA) is 42.7 Å². The Morgan fingerprint density at radius 2 is 2.14 bits per heavy atom. The highest BCUT2D eigenvalue weighted by molar-refractivity contribution is 7.17. The van der Waals surface area contributed by atoms with Gasteiger partial charge in [0.05, 0.1) is 16.4 Å². The maximum absolute atomic E-state index is 12.7. The fourth-order valence-electron chi connectivity index (χ4n) is 2.49. The number of hydrogen-bond donors (Lipinski definition) is 0. The number of ether oxygens (including phenoxy) is 1. The van der Waals surface area contributed by atoms with E-state index in [-0.39, 0.29) is 11.9 Å². The number of rotatable bonds is 2. The molecule has 0 spiro atoms. The summed E-state index contributed by atoms with van der Waals surface area (Å²) in [6, 6.07) is 7.94. The first-order valence-corrected chi connectivity index (χ1v) is 8.02. The first-order chi connectivity index (χ1) is 10.1. The maximum atomic E-state index is 12.7. The molecule has 3 heterocycles. The zero-order chi connectivity index (χ0) is 14.8. The molecule has 0 bridgehead atoms. The Balaban J connectivity index is 1.80. The van der Waals surface area contributed by atoms with Crippen molar-refractivity contribution >= 4 is 17.2 Å². The molecule has 1 fully saturated rings. The number of carbonyl (C=O) groups excluding carboxylic acids is 1. The second-order valence-corrected chi connectivity index (χ2v) is 6.41. The van der Waals surface area contributed by atoms with Crippen LogP contribution in [0.1, 0.15) is 28.8 Å². The van der Waals surface area contributed by atoms with Gasteiger partial charge in [-0.15, -0.1) is 11.3 Å². The molecule has 0 N–H and O–H groups in total. The normalized spacial score (nSPS) is 19.5. The van der Waals surface area contributed by atoms with Crippen LogP contribution in [0.15, 0.2) is 28.7 Å². The molecular formula is C16H19NO3S. The fourth-order valence-corrected chi connectivity index (χ4v) is 3.41. The molecule has 1 saturated heterocycles. The van der Waals surface area contributed by atoms with Crippen LogP contribution >= 0.6 is 11.3 Å². The Morgan fingerprint density at radius 3 is 2.90 bits per heavy atom. The Morgan fingerprint density at radius 1 is 1.29 bits per heavy atom. The van der Waals surface area contributed by atoms with Crippen molar-refractivity contribution in [3.8, 4) is 10.6 Å². The van der Waals surface area contributed by atoms with E-state index in [1.807, 2.05) is 36.1 Å². The van der Waals surface area contributed by atoms with E-state index in [2.05, 4.69) is 6.92 Å². The van der Waals surface area contributed by atoms with Gasteiger partial charge in [-0.1, -0.05) is 0 Å². The molecule has 0 aromatic carbocycles. The summed E-state index contributed by atoms with van der Waals surface area (Å²) in [5, 5.41) is 0. The Labute approximate surface area is 128 Å². The van der Waals surface area contributed by atoms with Crippen molar-refractivity contribution in [1.29, 1.82) is 0 Å². The quantitative estimate of drug-likeness (QED) is 0.852. The lowest BCUT2D eigenvalue weighted by atomic mass is 10.2. The molecule has 1 aliphatic heterocycles. The van der Waals surface area contributed by atoms with Crippen LogP contribution in [0, 0.1) is 6.92 Å². The average molecular weight is 305 g/mol. The molecule has 3 rings (SSSR count). The molecule has 0 radical (unpaired) electrons. The highest BCUT2D eigenvalue weighted by Crippen LogP contribution is 2.30. The molecule has 21 heavy (non-hydrogen) atoms. The van der Waals surface area contributed by atoms with E-state index in [9.17, 15) is 4.79 Å². The fraction of sp³-hybridized carbons (Fsp3) is 0.438. The van der Waals surface area contributed by atoms with Crippen molar-refractivity contribution in [1.82, 2.24) is 4.90 Å². The third kappa shape index (κ3) is 3.04. The zero-order valence-electron chi connectivity index (χ0n) is 12.3. The maximum Gasteiger partial charge on any atom is 0.264 e. The van der Waals surface area contributed by atoms with Gasteiger partial charge in [0.1, 0.15) is 11.5 Å². The lowest BCUT2D eigenvalue weighted by Gasteiger charge is -2.25. The van der Waals surface area contributed by atoms with Crippen LogP contribution in [0.5, 0.6) is 0 Å². The molecular weight excluding hydrogens is 286 g/mol. The number of thiophene rings is 1. The first kappa shape index (κ1) is 14.4. The van der Waals surface area contributed by atoms with Gasteiger partial charge in [0, 0.05) is 19.2 Å². The van der Waals surface area contributed by atoms with Gasteiger partial charge in [-0.2, -0.15) is 0 Å². The second kappa shape index (κ2) is 6.03. The minimum absolute atomic E-state index is 0.0903. The zero-order valence-corrected chi connectivity index (χ0v) is 13.1. The van der Waals surface area contributed by atoms with E-state index in [1.54, 1.807) is 0 Å². The SMILES string of the molecule is Cc1ccc(-c2ccc(C(=O)N3CCOCC[C@@H]3C)s2)o1. The van der Waals surface area contributed by atoms with Gasteiger partial charge >= 0.3 is 0 Å². The predicted octanol–water partition coefficient (Wildman–Crippen LogP) is 3.57. The molecule has 1 amide bonds. The Bertz CT molecular complexity index is 631. The predicted molar refractivity (Wildman–Crippen MR) is 82.7 cm³/mol. The van der Waals surface area contributed by atoms with Gasteiger partial charge in [-0.3, -0.25) is 4.79 Å². The molecule has 112 valence electrons. The van der Waals surface area contributed by atoms with Crippen molar-refractivity contribution in [3.05, 3.63) is 34.9 Å². The molecule has 4 nitrogen and oxygen atoms in total. The summed E-state index contributed by atoms with van der Waals surface area (Å²) in [5.74, 6) is 1.79. The van der Waals surface area contributed by atoms with E-state index in [0.717, 1.165) is 34.3 Å². The number of nitrogens with zero attached hydrogens (tertiary/aromatic N) is 1. The number of amides is 1. The highest BCUT2D eigenvalue weighted by atomic mass is 32.1. The Kier molecular flexibility index (Phi) is 4.12. The van der Waals surface area contributed by atoms with E-state index in [1.165, 1.54) is 11.3 Å². The minimum Gasteiger partial charge on any atom is -0.461 e. The van der Waals surface area contributed by atoms with Crippen molar-refractivity contribution < 1.29 is 13.9 Å². The van der Waals surface area contributed by atoms with Crippen LogP contribution in [0.3, 0.4) is 0 Å². The number of aryl methyl sites for hydroxylation is 1. The number of furan rings is 1. The molecule has 1 atom stereocenters. The van der Waals surface area contributed by atoms with Gasteiger partial charge in [0.2, 0.25) is 0 Å². The van der Waals surface area contributed by atoms with Crippen molar-refractivity contribution in [2.75, 3.05) is 19.8 Å². The molecule has 0 unspecified atom stereocenters. The standard InChI is InChI=1S/C16H19NO3S/c1-11-7-9-19-10-8-17(11)16(18)15-6-5-14(21-15)13-4-3-12(2)20-13/h3-6,11H,7-10H2,1-2H3/t11-/m0/s1. The van der Waals surface area contributed by atoms with E-state index in [4.69, 9.17) is 9.15 Å². The van der Waals surface area contributed by atoms with Crippen molar-refractivity contribution in [3.63, 3.8) is 0 Å². The summed E-state index contributed by atoms with van der Waals surface area (Å²) in [7, 11) is 0. The molecule has 0 saturated carbocycles. The van der Waals surface area contributed by atoms with Crippen LogP contribution in [-0.2, 0) is 4.74 Å². The van der Waals surface area contributed by atoms with Gasteiger partial charge < -0.3 is 14.1 Å². The summed E-state index contributed by atoms with van der Waals surface area (Å²) in [6.45, 7) is 6.00. The van der Waals surface area contributed by atoms with Crippen LogP contribution < -0.4 is 0 Å². The monoisotopic (exact) mass is 305 g/mol. The van der Waals surface area contributed by atoms with Gasteiger partial charge in [0.25, 0.3) is 5.91 Å². The highest BCUT2D eigenvalue weighted by Gasteiger charge is 2.24. The van der Waals surface area contributed by atoms with Crippen LogP contribution in [0.25, 0.3) is 10.6 Å². The summed E-state index contributed by atoms with van der Waals surface area (Å²) < 4.78 is 11.1. The van der Waals surface area contributed by atoms with Gasteiger partial charge in [-0.05, 0) is 44.5 Å². The lowest BCUT2D eigenvalue weighted by molar-refractivity contribution is 0.0692. The molecule has 1 aliphatic rings. The molecule has 0 aliphatic carbocycles. The third-order valence-electron chi connectivity index (χ3n) is 3.75. The third-order valence-corrected chi connectivity index (χ3v) is 4.84. The molecule has 2 aromatic heterocycles. The summed E-state index contributed by atoms with van der Waals surface area (Å²) in [4.78, 5) is 16.3. The summed E-state index contributed by atoms with van der Waals surface area (Å²) >= 11 is 1.48. The van der Waals surface area contributed by atoms with E-state index < -0.39 is 0 Å². The summed E-state index contributed by atoms with van der Waals surface area (Å²) in [5.41, 5.74) is 0. The second-order valence-electron chi connectivity index (χ2n) is 5.32. The number of carbonyl (C=O) groups is 1. The van der Waals surface area contributed by atoms with E-state index in [0.29, 0.717) is 13.2 Å². The Hall–Kier alpha value is -1.59. The van der Waals surface area contributed by atoms with Gasteiger partial charge in [-0.25, -0.2) is 0 Å². The van der Waals surface area contributed by atoms with Crippen LogP contribution in [-0.4, -0.2) is 36.6 Å². The van der Waals surface area contributed by atoms with Crippen molar-refractivity contribution in [2.45, 2.75) is 26.3 Å². The largest absolute Gasteiger partial charge is 0.461 e. The number of hydrogen-bond acceptors (Lipinski definition) is 4. The smallest absolute Gasteiger partial charge is 0.264 e. The van der Waals surface area contributed by atoms with Crippen LogP contribution in [0.2, 0.25) is 0 Å². The average Bonchev–Trinajstić information content (AvgIpc) is 3.05. The summed E-state index contributed by atoms with van der Waals surface area (Å²) in [6.07, 6.45) is 0.890. The van der Waals surface area contributed by atoms with E-state index >= 15 is 0 Å². The van der Waals surface area contributed by atoms with Crippen LogP contribution in [0.4, 0.5) is 0 Å². The van der Waals surface area contributed by atoms with Crippen molar-refractivity contribution in [2.24, 2.45) is 0 Å².